The van der Waals surface area contributed by atoms with Gasteiger partial charge in [-0.2, -0.15) is 0 Å². The Morgan fingerprint density at radius 3 is 2.62 bits per heavy atom. The topological polar surface area (TPSA) is 87.5 Å². The summed E-state index contributed by atoms with van der Waals surface area (Å²) < 4.78 is 0. The van der Waals surface area contributed by atoms with Crippen LogP contribution in [0.5, 0.6) is 0 Å². The number of rotatable bonds is 4. The zero-order valence-corrected chi connectivity index (χ0v) is 12.3. The number of nitrogens with zero attached hydrogens (tertiary/aromatic N) is 1. The number of piperidine rings is 1. The van der Waals surface area contributed by atoms with Crippen LogP contribution >= 0.6 is 0 Å². The van der Waals surface area contributed by atoms with Crippen molar-refractivity contribution in [3.8, 4) is 0 Å². The van der Waals surface area contributed by atoms with Gasteiger partial charge in [0.15, 0.2) is 0 Å². The normalized spacial score (nSPS) is 14.6. The Labute approximate surface area is 124 Å². The summed E-state index contributed by atoms with van der Waals surface area (Å²) >= 11 is 0. The first-order valence-electron chi connectivity index (χ1n) is 7.25. The zero-order valence-electron chi connectivity index (χ0n) is 12.3. The highest BCUT2D eigenvalue weighted by atomic mass is 16.2. The van der Waals surface area contributed by atoms with Gasteiger partial charge in [-0.05, 0) is 37.5 Å². The van der Waals surface area contributed by atoms with E-state index in [4.69, 9.17) is 5.73 Å². The van der Waals surface area contributed by atoms with E-state index in [0.717, 1.165) is 25.9 Å². The number of amides is 2. The smallest absolute Gasteiger partial charge is 0.253 e. The summed E-state index contributed by atoms with van der Waals surface area (Å²) in [6.45, 7) is 1.81. The van der Waals surface area contributed by atoms with E-state index in [1.165, 1.54) is 6.42 Å². The highest BCUT2D eigenvalue weighted by Crippen LogP contribution is 2.19. The molecule has 1 heterocycles. The van der Waals surface area contributed by atoms with Crippen molar-refractivity contribution in [1.29, 1.82) is 0 Å². The molecule has 2 amide bonds. The fourth-order valence-corrected chi connectivity index (χ4v) is 2.47. The third-order valence-electron chi connectivity index (χ3n) is 3.65. The molecule has 0 spiro atoms. The van der Waals surface area contributed by atoms with Crippen LogP contribution in [0.25, 0.3) is 0 Å². The van der Waals surface area contributed by atoms with Crippen LogP contribution in [0.1, 0.15) is 29.6 Å². The van der Waals surface area contributed by atoms with Crippen LogP contribution in [0.4, 0.5) is 11.4 Å². The molecule has 1 aliphatic rings. The number of anilines is 2. The van der Waals surface area contributed by atoms with Crippen LogP contribution in [-0.4, -0.2) is 43.4 Å². The van der Waals surface area contributed by atoms with E-state index < -0.39 is 0 Å². The molecule has 0 bridgehead atoms. The quantitative estimate of drug-likeness (QED) is 0.723. The maximum Gasteiger partial charge on any atom is 0.253 e. The highest BCUT2D eigenvalue weighted by Gasteiger charge is 2.17. The Balaban J connectivity index is 2.03. The van der Waals surface area contributed by atoms with E-state index in [9.17, 15) is 9.59 Å². The standard InChI is InChI=1S/C15H22N4O2/c1-17-15(21)12-6-5-11(16)9-13(12)18-10-14(20)19-7-3-2-4-8-19/h5-6,9,18H,2-4,7-8,10,16H2,1H3,(H,17,21). The lowest BCUT2D eigenvalue weighted by atomic mass is 10.1. The summed E-state index contributed by atoms with van der Waals surface area (Å²) in [5.41, 5.74) is 7.37. The SMILES string of the molecule is CNC(=O)c1ccc(N)cc1NCC(=O)N1CCCCC1. The fraction of sp³-hybridized carbons (Fsp3) is 0.467. The van der Waals surface area contributed by atoms with Gasteiger partial charge in [0.2, 0.25) is 5.91 Å². The van der Waals surface area contributed by atoms with E-state index in [1.54, 1.807) is 25.2 Å². The third kappa shape index (κ3) is 3.87. The molecule has 4 N–H and O–H groups in total. The molecule has 0 aliphatic carbocycles. The number of carbonyl (C=O) groups excluding carboxylic acids is 2. The van der Waals surface area contributed by atoms with Gasteiger partial charge in [0.1, 0.15) is 0 Å². The van der Waals surface area contributed by atoms with Gasteiger partial charge < -0.3 is 21.3 Å². The minimum Gasteiger partial charge on any atom is -0.399 e. The molecule has 0 saturated carbocycles. The first-order chi connectivity index (χ1) is 10.1. The van der Waals surface area contributed by atoms with Gasteiger partial charge in [0.25, 0.3) is 5.91 Å². The van der Waals surface area contributed by atoms with Gasteiger partial charge in [-0.25, -0.2) is 0 Å². The predicted molar refractivity (Wildman–Crippen MR) is 83.2 cm³/mol. The fourth-order valence-electron chi connectivity index (χ4n) is 2.47. The van der Waals surface area contributed by atoms with Crippen molar-refractivity contribution in [3.63, 3.8) is 0 Å². The molecule has 6 nitrogen and oxygen atoms in total. The largest absolute Gasteiger partial charge is 0.399 e. The monoisotopic (exact) mass is 290 g/mol. The number of likely N-dealkylation sites (tertiary alicyclic amines) is 1. The molecule has 2 rings (SSSR count). The lowest BCUT2D eigenvalue weighted by Crippen LogP contribution is -2.39. The van der Waals surface area contributed by atoms with Gasteiger partial charge in [0, 0.05) is 31.5 Å². The summed E-state index contributed by atoms with van der Waals surface area (Å²) in [6.07, 6.45) is 3.31. The van der Waals surface area contributed by atoms with Crippen LogP contribution < -0.4 is 16.4 Å². The number of nitrogens with one attached hydrogen (secondary N) is 2. The van der Waals surface area contributed by atoms with Crippen molar-refractivity contribution in [3.05, 3.63) is 23.8 Å². The summed E-state index contributed by atoms with van der Waals surface area (Å²) in [5.74, 6) is -0.150. The number of nitrogens with two attached hydrogens (primary N) is 1. The summed E-state index contributed by atoms with van der Waals surface area (Å²) in [4.78, 5) is 25.8. The molecule has 1 fully saturated rings. The molecule has 114 valence electrons. The van der Waals surface area contributed by atoms with Crippen LogP contribution in [0.3, 0.4) is 0 Å². The minimum atomic E-state index is -0.206. The van der Waals surface area contributed by atoms with Crippen molar-refractivity contribution in [2.75, 3.05) is 37.7 Å². The number of benzene rings is 1. The van der Waals surface area contributed by atoms with Gasteiger partial charge in [0.05, 0.1) is 12.1 Å². The molecule has 21 heavy (non-hydrogen) atoms. The van der Waals surface area contributed by atoms with Crippen LogP contribution in [-0.2, 0) is 4.79 Å². The van der Waals surface area contributed by atoms with E-state index in [1.807, 2.05) is 4.90 Å². The van der Waals surface area contributed by atoms with E-state index in [2.05, 4.69) is 10.6 Å². The number of carbonyl (C=O) groups is 2. The van der Waals surface area contributed by atoms with Crippen molar-refractivity contribution < 1.29 is 9.59 Å². The summed E-state index contributed by atoms with van der Waals surface area (Å²) in [5, 5.41) is 5.61. The lowest BCUT2D eigenvalue weighted by molar-refractivity contribution is -0.130. The number of hydrogen-bond acceptors (Lipinski definition) is 4. The Kier molecular flexibility index (Phi) is 5.03. The van der Waals surface area contributed by atoms with E-state index >= 15 is 0 Å². The molecule has 1 aromatic carbocycles. The molecule has 1 aliphatic heterocycles. The van der Waals surface area contributed by atoms with Crippen molar-refractivity contribution in [1.82, 2.24) is 10.2 Å². The molecule has 0 atom stereocenters. The van der Waals surface area contributed by atoms with Crippen LogP contribution in [0, 0.1) is 0 Å². The summed E-state index contributed by atoms with van der Waals surface area (Å²) in [6, 6.07) is 5.00. The van der Waals surface area contributed by atoms with E-state index in [0.29, 0.717) is 16.9 Å². The minimum absolute atomic E-state index is 0.0555. The molecule has 0 radical (unpaired) electrons. The second-order valence-electron chi connectivity index (χ2n) is 5.18. The van der Waals surface area contributed by atoms with E-state index in [-0.39, 0.29) is 18.4 Å². The molecular formula is C15H22N4O2. The van der Waals surface area contributed by atoms with Gasteiger partial charge >= 0.3 is 0 Å². The second kappa shape index (κ2) is 6.97. The van der Waals surface area contributed by atoms with Crippen molar-refractivity contribution >= 4 is 23.2 Å². The van der Waals surface area contributed by atoms with Crippen LogP contribution in [0.15, 0.2) is 18.2 Å². The molecule has 6 heteroatoms. The first kappa shape index (κ1) is 15.2. The first-order valence-corrected chi connectivity index (χ1v) is 7.25. The predicted octanol–water partition coefficient (Wildman–Crippen LogP) is 1.05. The Bertz CT molecular complexity index is 524. The Morgan fingerprint density at radius 2 is 1.95 bits per heavy atom. The summed E-state index contributed by atoms with van der Waals surface area (Å²) in [7, 11) is 1.57. The molecule has 0 unspecified atom stereocenters. The third-order valence-corrected chi connectivity index (χ3v) is 3.65. The van der Waals surface area contributed by atoms with Gasteiger partial charge in [-0.15, -0.1) is 0 Å². The molecule has 1 aromatic rings. The zero-order chi connectivity index (χ0) is 15.2. The molecular weight excluding hydrogens is 268 g/mol. The van der Waals surface area contributed by atoms with Gasteiger partial charge in [-0.1, -0.05) is 0 Å². The molecule has 1 saturated heterocycles. The number of hydrogen-bond donors (Lipinski definition) is 3. The van der Waals surface area contributed by atoms with Crippen LogP contribution in [0.2, 0.25) is 0 Å². The lowest BCUT2D eigenvalue weighted by Gasteiger charge is -2.27. The Morgan fingerprint density at radius 1 is 1.24 bits per heavy atom. The second-order valence-corrected chi connectivity index (χ2v) is 5.18. The average Bonchev–Trinajstić information content (AvgIpc) is 2.52. The number of nitrogen functional groups attached to an aromatic ring is 1. The maximum atomic E-state index is 12.1. The van der Waals surface area contributed by atoms with Crippen molar-refractivity contribution in [2.45, 2.75) is 19.3 Å². The van der Waals surface area contributed by atoms with Crippen molar-refractivity contribution in [2.24, 2.45) is 0 Å². The molecule has 0 aromatic heterocycles. The Hall–Kier alpha value is -2.24. The maximum absolute atomic E-state index is 12.1. The average molecular weight is 290 g/mol. The highest BCUT2D eigenvalue weighted by molar-refractivity contribution is 6.00. The van der Waals surface area contributed by atoms with Gasteiger partial charge in [-0.3, -0.25) is 9.59 Å².